The predicted octanol–water partition coefficient (Wildman–Crippen LogP) is 4.54. The average molecular weight is 353 g/mol. The molecule has 21 heavy (non-hydrogen) atoms. The van der Waals surface area contributed by atoms with Crippen LogP contribution in [0.15, 0.2) is 46.9 Å². The van der Waals surface area contributed by atoms with E-state index in [1.165, 1.54) is 12.1 Å². The van der Waals surface area contributed by atoms with E-state index in [-0.39, 0.29) is 6.04 Å². The Morgan fingerprint density at radius 2 is 1.95 bits per heavy atom. The molecular weight excluding hydrogens is 339 g/mol. The van der Waals surface area contributed by atoms with Crippen molar-refractivity contribution in [1.82, 2.24) is 0 Å². The molecule has 0 bridgehead atoms. The van der Waals surface area contributed by atoms with Gasteiger partial charge in [-0.05, 0) is 37.1 Å². The molecule has 0 amide bonds. The first kappa shape index (κ1) is 15.4. The summed E-state index contributed by atoms with van der Waals surface area (Å²) in [5.41, 5.74) is 1.17. The molecule has 0 radical (unpaired) electrons. The Morgan fingerprint density at radius 1 is 1.29 bits per heavy atom. The summed E-state index contributed by atoms with van der Waals surface area (Å²) in [6.07, 6.45) is 0.770. The third-order valence-electron chi connectivity index (χ3n) is 3.01. The fraction of sp³-hybridized carbons (Fsp3) is 0.200. The van der Waals surface area contributed by atoms with Gasteiger partial charge in [-0.25, -0.2) is 0 Å². The smallest absolute Gasteiger partial charge is 0.304 e. The Morgan fingerprint density at radius 3 is 2.52 bits per heavy atom. The van der Waals surface area contributed by atoms with Gasteiger partial charge in [0, 0.05) is 28.3 Å². The Labute approximate surface area is 130 Å². The second-order valence-corrected chi connectivity index (χ2v) is 5.71. The highest BCUT2D eigenvalue weighted by Gasteiger charge is 2.14. The maximum Gasteiger partial charge on any atom is 0.304 e. The first-order chi connectivity index (χ1) is 9.95. The van der Waals surface area contributed by atoms with E-state index >= 15 is 0 Å². The monoisotopic (exact) mass is 352 g/mol. The molecule has 2 rings (SSSR count). The van der Waals surface area contributed by atoms with Gasteiger partial charge in [-0.15, -0.1) is 0 Å². The Balaban J connectivity index is 2.02. The van der Waals surface area contributed by atoms with Crippen LogP contribution in [0.2, 0.25) is 0 Å². The van der Waals surface area contributed by atoms with Gasteiger partial charge in [-0.2, -0.15) is 4.39 Å². The number of benzene rings is 2. The largest absolute Gasteiger partial charge is 0.382 e. The molecule has 0 saturated heterocycles. The van der Waals surface area contributed by atoms with Gasteiger partial charge in [0.2, 0.25) is 5.82 Å². The van der Waals surface area contributed by atoms with Crippen LogP contribution >= 0.6 is 15.9 Å². The maximum absolute atomic E-state index is 13.5. The summed E-state index contributed by atoms with van der Waals surface area (Å²) in [7, 11) is 0. The SMILES string of the molecule is CC(Cc1ccc(Br)cc1)Nc1ccc([N+](=O)[O-])c(F)c1. The number of rotatable bonds is 5. The van der Waals surface area contributed by atoms with Gasteiger partial charge < -0.3 is 5.32 Å². The Kier molecular flexibility index (Phi) is 4.90. The topological polar surface area (TPSA) is 55.2 Å². The van der Waals surface area contributed by atoms with Crippen LogP contribution < -0.4 is 5.32 Å². The van der Waals surface area contributed by atoms with Crippen LogP contribution in [0.1, 0.15) is 12.5 Å². The molecule has 0 saturated carbocycles. The van der Waals surface area contributed by atoms with Crippen LogP contribution in [0.25, 0.3) is 0 Å². The molecule has 2 aromatic rings. The van der Waals surface area contributed by atoms with E-state index in [1.54, 1.807) is 0 Å². The summed E-state index contributed by atoms with van der Waals surface area (Å²) in [4.78, 5) is 9.83. The zero-order chi connectivity index (χ0) is 15.4. The van der Waals surface area contributed by atoms with Gasteiger partial charge in [-0.3, -0.25) is 10.1 Å². The molecule has 1 atom stereocenters. The van der Waals surface area contributed by atoms with E-state index in [4.69, 9.17) is 0 Å². The van der Waals surface area contributed by atoms with E-state index in [9.17, 15) is 14.5 Å². The molecule has 0 spiro atoms. The molecule has 110 valence electrons. The lowest BCUT2D eigenvalue weighted by Gasteiger charge is -2.15. The highest BCUT2D eigenvalue weighted by atomic mass is 79.9. The van der Waals surface area contributed by atoms with Crippen LogP contribution in [0.4, 0.5) is 15.8 Å². The third-order valence-corrected chi connectivity index (χ3v) is 3.54. The lowest BCUT2D eigenvalue weighted by molar-refractivity contribution is -0.387. The number of nitrogens with zero attached hydrogens (tertiary/aromatic N) is 1. The van der Waals surface area contributed by atoms with Crippen molar-refractivity contribution in [2.24, 2.45) is 0 Å². The third kappa shape index (κ3) is 4.26. The molecule has 6 heteroatoms. The van der Waals surface area contributed by atoms with Crippen molar-refractivity contribution in [2.45, 2.75) is 19.4 Å². The van der Waals surface area contributed by atoms with E-state index in [0.29, 0.717) is 5.69 Å². The fourth-order valence-electron chi connectivity index (χ4n) is 2.05. The van der Waals surface area contributed by atoms with E-state index in [1.807, 2.05) is 31.2 Å². The van der Waals surface area contributed by atoms with Gasteiger partial charge in [-0.1, -0.05) is 28.1 Å². The minimum absolute atomic E-state index is 0.0760. The van der Waals surface area contributed by atoms with Crippen molar-refractivity contribution in [3.8, 4) is 0 Å². The van der Waals surface area contributed by atoms with Crippen molar-refractivity contribution in [3.05, 3.63) is 68.4 Å². The van der Waals surface area contributed by atoms with Crippen LogP contribution in [0.3, 0.4) is 0 Å². The summed E-state index contributed by atoms with van der Waals surface area (Å²) in [6, 6.07) is 11.9. The molecule has 4 nitrogen and oxygen atoms in total. The number of halogens is 2. The first-order valence-electron chi connectivity index (χ1n) is 6.40. The number of nitro benzene ring substituents is 1. The van der Waals surface area contributed by atoms with Gasteiger partial charge >= 0.3 is 5.69 Å². The number of hydrogen-bond donors (Lipinski definition) is 1. The minimum atomic E-state index is -0.833. The summed E-state index contributed by atoms with van der Waals surface area (Å²) < 4.78 is 14.6. The van der Waals surface area contributed by atoms with Gasteiger partial charge in [0.25, 0.3) is 0 Å². The highest BCUT2D eigenvalue weighted by Crippen LogP contribution is 2.22. The zero-order valence-corrected chi connectivity index (χ0v) is 12.9. The van der Waals surface area contributed by atoms with Crippen LogP contribution in [-0.2, 0) is 6.42 Å². The Bertz CT molecular complexity index is 647. The molecule has 0 aromatic heterocycles. The Hall–Kier alpha value is -1.95. The van der Waals surface area contributed by atoms with E-state index in [2.05, 4.69) is 21.2 Å². The molecular formula is C15H14BrFN2O2. The van der Waals surface area contributed by atoms with Crippen molar-refractivity contribution in [1.29, 1.82) is 0 Å². The number of nitro groups is 1. The zero-order valence-electron chi connectivity index (χ0n) is 11.3. The number of hydrogen-bond acceptors (Lipinski definition) is 3. The van der Waals surface area contributed by atoms with Crippen LogP contribution in [-0.4, -0.2) is 11.0 Å². The fourth-order valence-corrected chi connectivity index (χ4v) is 2.32. The van der Waals surface area contributed by atoms with Crippen molar-refractivity contribution in [2.75, 3.05) is 5.32 Å². The summed E-state index contributed by atoms with van der Waals surface area (Å²) in [5, 5.41) is 13.7. The minimum Gasteiger partial charge on any atom is -0.382 e. The molecule has 0 aliphatic rings. The molecule has 0 heterocycles. The lowest BCUT2D eigenvalue weighted by Crippen LogP contribution is -2.18. The summed E-state index contributed by atoms with van der Waals surface area (Å²) in [6.45, 7) is 1.97. The standard InChI is InChI=1S/C15H14BrFN2O2/c1-10(8-11-2-4-12(16)5-3-11)18-13-6-7-15(19(20)21)14(17)9-13/h2-7,9-10,18H,8H2,1H3. The van der Waals surface area contributed by atoms with Crippen molar-refractivity contribution in [3.63, 3.8) is 0 Å². The second-order valence-electron chi connectivity index (χ2n) is 4.80. The van der Waals surface area contributed by atoms with Crippen LogP contribution in [0, 0.1) is 15.9 Å². The normalized spacial score (nSPS) is 12.0. The van der Waals surface area contributed by atoms with Gasteiger partial charge in [0.15, 0.2) is 0 Å². The molecule has 1 unspecified atom stereocenters. The molecule has 1 N–H and O–H groups in total. The number of nitrogens with one attached hydrogen (secondary N) is 1. The first-order valence-corrected chi connectivity index (χ1v) is 7.20. The summed E-state index contributed by atoms with van der Waals surface area (Å²) in [5.74, 6) is -0.833. The van der Waals surface area contributed by atoms with Crippen molar-refractivity contribution >= 4 is 27.3 Å². The molecule has 0 fully saturated rings. The maximum atomic E-state index is 13.5. The molecule has 0 aliphatic carbocycles. The predicted molar refractivity (Wildman–Crippen MR) is 84.0 cm³/mol. The number of anilines is 1. The van der Waals surface area contributed by atoms with Crippen molar-refractivity contribution < 1.29 is 9.31 Å². The van der Waals surface area contributed by atoms with E-state index < -0.39 is 16.4 Å². The molecule has 0 aliphatic heterocycles. The molecule has 2 aromatic carbocycles. The quantitative estimate of drug-likeness (QED) is 0.634. The highest BCUT2D eigenvalue weighted by molar-refractivity contribution is 9.10. The average Bonchev–Trinajstić information content (AvgIpc) is 2.41. The van der Waals surface area contributed by atoms with E-state index in [0.717, 1.165) is 22.5 Å². The second kappa shape index (κ2) is 6.67. The van der Waals surface area contributed by atoms with Crippen LogP contribution in [0.5, 0.6) is 0 Å². The van der Waals surface area contributed by atoms with Gasteiger partial charge in [0.05, 0.1) is 4.92 Å². The summed E-state index contributed by atoms with van der Waals surface area (Å²) >= 11 is 3.38. The lowest BCUT2D eigenvalue weighted by atomic mass is 10.1. The van der Waals surface area contributed by atoms with Gasteiger partial charge in [0.1, 0.15) is 0 Å².